The van der Waals surface area contributed by atoms with Crippen LogP contribution in [0.3, 0.4) is 0 Å². The van der Waals surface area contributed by atoms with Crippen molar-refractivity contribution in [2.24, 2.45) is 0 Å². The van der Waals surface area contributed by atoms with E-state index in [1.54, 1.807) is 0 Å². The van der Waals surface area contributed by atoms with Gasteiger partial charge in [0.2, 0.25) is 0 Å². The fraction of sp³-hybridized carbons (Fsp3) is 0.300. The van der Waals surface area contributed by atoms with Crippen molar-refractivity contribution in [1.82, 2.24) is 0 Å². The molecular formula is C10H8ClF4NO4S. The van der Waals surface area contributed by atoms with Crippen LogP contribution in [0.2, 0.25) is 0 Å². The van der Waals surface area contributed by atoms with Crippen LogP contribution in [0, 0.1) is 0 Å². The van der Waals surface area contributed by atoms with Crippen LogP contribution in [-0.4, -0.2) is 33.8 Å². The summed E-state index contributed by atoms with van der Waals surface area (Å²) in [6, 6.07) is 2.63. The van der Waals surface area contributed by atoms with Crippen LogP contribution in [0.1, 0.15) is 0 Å². The third kappa shape index (κ3) is 3.97. The fourth-order valence-corrected chi connectivity index (χ4v) is 2.26. The number of halogens is 5. The summed E-state index contributed by atoms with van der Waals surface area (Å²) < 4.78 is 76.6. The molecule has 0 aliphatic heterocycles. The number of benzene rings is 1. The predicted octanol–water partition coefficient (Wildman–Crippen LogP) is 2.46. The van der Waals surface area contributed by atoms with Crippen LogP contribution in [0.25, 0.3) is 0 Å². The van der Waals surface area contributed by atoms with Crippen LogP contribution in [0.15, 0.2) is 23.1 Å². The van der Waals surface area contributed by atoms with E-state index < -0.39 is 32.2 Å². The molecule has 1 rings (SSSR count). The minimum absolute atomic E-state index is 0.344. The van der Waals surface area contributed by atoms with Crippen molar-refractivity contribution in [2.45, 2.75) is 17.2 Å². The Morgan fingerprint density at radius 1 is 1.38 bits per heavy atom. The molecule has 0 saturated heterocycles. The third-order valence-corrected chi connectivity index (χ3v) is 3.62. The standard InChI is InChI=1S/C10H8ClF4NO4S/c1-20-6-4-5(2-3-7(6)21(11,18)19)16-9(17)10(14,15)8(12)13/h2-4,8H,1H3,(H,16,17). The number of alkyl halides is 4. The predicted molar refractivity (Wildman–Crippen MR) is 65.6 cm³/mol. The van der Waals surface area contributed by atoms with Gasteiger partial charge in [0.25, 0.3) is 9.05 Å². The van der Waals surface area contributed by atoms with Crippen LogP contribution in [0.4, 0.5) is 23.2 Å². The minimum atomic E-state index is -4.88. The molecule has 0 saturated carbocycles. The van der Waals surface area contributed by atoms with E-state index in [2.05, 4.69) is 4.74 Å². The molecule has 1 amide bonds. The number of amides is 1. The monoisotopic (exact) mass is 349 g/mol. The average Bonchev–Trinajstić information content (AvgIpc) is 2.36. The molecule has 1 N–H and O–H groups in total. The number of rotatable bonds is 5. The molecule has 0 atom stereocenters. The van der Waals surface area contributed by atoms with E-state index in [0.717, 1.165) is 25.3 Å². The number of hydrogen-bond donors (Lipinski definition) is 1. The van der Waals surface area contributed by atoms with E-state index in [1.807, 2.05) is 0 Å². The number of methoxy groups -OCH3 is 1. The van der Waals surface area contributed by atoms with Gasteiger partial charge in [-0.15, -0.1) is 0 Å². The molecule has 0 aliphatic rings. The molecule has 0 fully saturated rings. The molecule has 118 valence electrons. The van der Waals surface area contributed by atoms with E-state index >= 15 is 0 Å². The maximum absolute atomic E-state index is 12.8. The van der Waals surface area contributed by atoms with Gasteiger partial charge in [-0.2, -0.15) is 8.78 Å². The first kappa shape index (κ1) is 17.5. The number of nitrogens with one attached hydrogen (secondary N) is 1. The van der Waals surface area contributed by atoms with E-state index in [9.17, 15) is 30.8 Å². The third-order valence-electron chi connectivity index (χ3n) is 2.26. The van der Waals surface area contributed by atoms with Crippen LogP contribution in [0.5, 0.6) is 5.75 Å². The summed E-state index contributed by atoms with van der Waals surface area (Å²) in [4.78, 5) is 10.6. The number of hydrogen-bond acceptors (Lipinski definition) is 4. The van der Waals surface area contributed by atoms with E-state index in [0.29, 0.717) is 0 Å². The molecular weight excluding hydrogens is 342 g/mol. The SMILES string of the molecule is COc1cc(NC(=O)C(F)(F)C(F)F)ccc1S(=O)(=O)Cl. The lowest BCUT2D eigenvalue weighted by atomic mass is 10.2. The first-order chi connectivity index (χ1) is 9.50. The first-order valence-electron chi connectivity index (χ1n) is 5.10. The first-order valence-corrected chi connectivity index (χ1v) is 7.41. The normalized spacial score (nSPS) is 12.3. The summed E-state index contributed by atoms with van der Waals surface area (Å²) in [7, 11) is 2.00. The molecule has 5 nitrogen and oxygen atoms in total. The number of carbonyl (C=O) groups excluding carboxylic acids is 1. The quantitative estimate of drug-likeness (QED) is 0.654. The summed E-state index contributed by atoms with van der Waals surface area (Å²) in [6.07, 6.45) is -4.18. The Morgan fingerprint density at radius 2 is 1.95 bits per heavy atom. The Hall–Kier alpha value is -1.55. The van der Waals surface area contributed by atoms with Gasteiger partial charge >= 0.3 is 18.3 Å². The summed E-state index contributed by atoms with van der Waals surface area (Å²) in [5, 5.41) is 1.53. The fourth-order valence-electron chi connectivity index (χ4n) is 1.26. The van der Waals surface area contributed by atoms with Gasteiger partial charge in [-0.1, -0.05) is 0 Å². The maximum atomic E-state index is 12.8. The van der Waals surface area contributed by atoms with Gasteiger partial charge in [0.15, 0.2) is 0 Å². The van der Waals surface area contributed by atoms with Gasteiger partial charge in [-0.25, -0.2) is 17.2 Å². The molecule has 0 radical (unpaired) electrons. The summed E-state index contributed by atoms with van der Waals surface area (Å²) >= 11 is 0. The number of ether oxygens (including phenoxy) is 1. The zero-order chi connectivity index (χ0) is 16.4. The largest absolute Gasteiger partial charge is 0.495 e. The lowest BCUT2D eigenvalue weighted by molar-refractivity contribution is -0.163. The zero-order valence-electron chi connectivity index (χ0n) is 10.2. The van der Waals surface area contributed by atoms with Crippen molar-refractivity contribution >= 4 is 31.3 Å². The Labute approximate surface area is 121 Å². The molecule has 0 aromatic heterocycles. The van der Waals surface area contributed by atoms with Crippen LogP contribution >= 0.6 is 10.7 Å². The number of carbonyl (C=O) groups is 1. The Kier molecular flexibility index (Phi) is 5.05. The minimum Gasteiger partial charge on any atom is -0.495 e. The second-order valence-corrected chi connectivity index (χ2v) is 6.22. The molecule has 0 unspecified atom stereocenters. The second kappa shape index (κ2) is 6.06. The van der Waals surface area contributed by atoms with Crippen LogP contribution in [-0.2, 0) is 13.8 Å². The Morgan fingerprint density at radius 3 is 2.38 bits per heavy atom. The van der Waals surface area contributed by atoms with Gasteiger partial charge < -0.3 is 10.1 Å². The number of anilines is 1. The topological polar surface area (TPSA) is 72.5 Å². The molecule has 0 heterocycles. The molecule has 0 bridgehead atoms. The maximum Gasteiger partial charge on any atom is 0.383 e. The van der Waals surface area contributed by atoms with Crippen molar-refractivity contribution in [3.8, 4) is 5.75 Å². The summed E-state index contributed by atoms with van der Waals surface area (Å²) in [5.74, 6) is -7.46. The highest BCUT2D eigenvalue weighted by molar-refractivity contribution is 8.13. The second-order valence-electron chi connectivity index (χ2n) is 3.68. The zero-order valence-corrected chi connectivity index (χ0v) is 11.8. The summed E-state index contributed by atoms with van der Waals surface area (Å²) in [6.45, 7) is 0. The van der Waals surface area contributed by atoms with Crippen molar-refractivity contribution in [3.63, 3.8) is 0 Å². The Balaban J connectivity index is 3.10. The molecule has 1 aromatic rings. The van der Waals surface area contributed by atoms with E-state index in [-0.39, 0.29) is 11.4 Å². The highest BCUT2D eigenvalue weighted by atomic mass is 35.7. The van der Waals surface area contributed by atoms with Gasteiger partial charge in [-0.3, -0.25) is 4.79 Å². The highest BCUT2D eigenvalue weighted by Gasteiger charge is 2.49. The molecule has 1 aromatic carbocycles. The average molecular weight is 350 g/mol. The van der Waals surface area contributed by atoms with Gasteiger partial charge in [0, 0.05) is 22.4 Å². The van der Waals surface area contributed by atoms with Gasteiger partial charge in [0.05, 0.1) is 7.11 Å². The molecule has 0 spiro atoms. The van der Waals surface area contributed by atoms with Gasteiger partial charge in [0.1, 0.15) is 10.6 Å². The van der Waals surface area contributed by atoms with Gasteiger partial charge in [-0.05, 0) is 12.1 Å². The van der Waals surface area contributed by atoms with Crippen molar-refractivity contribution in [2.75, 3.05) is 12.4 Å². The highest BCUT2D eigenvalue weighted by Crippen LogP contribution is 2.31. The van der Waals surface area contributed by atoms with Crippen molar-refractivity contribution < 1.29 is 35.5 Å². The molecule has 0 aliphatic carbocycles. The van der Waals surface area contributed by atoms with E-state index in [1.165, 1.54) is 5.32 Å². The summed E-state index contributed by atoms with van der Waals surface area (Å²) in [5.41, 5.74) is -0.360. The van der Waals surface area contributed by atoms with Crippen LogP contribution < -0.4 is 10.1 Å². The van der Waals surface area contributed by atoms with Crippen molar-refractivity contribution in [1.29, 1.82) is 0 Å². The van der Waals surface area contributed by atoms with Crippen molar-refractivity contribution in [3.05, 3.63) is 18.2 Å². The Bertz CT molecular complexity index is 650. The smallest absolute Gasteiger partial charge is 0.383 e. The molecule has 11 heteroatoms. The lowest BCUT2D eigenvalue weighted by Crippen LogP contribution is -2.40. The van der Waals surface area contributed by atoms with E-state index in [4.69, 9.17) is 10.7 Å². The molecule has 21 heavy (non-hydrogen) atoms. The lowest BCUT2D eigenvalue weighted by Gasteiger charge is -2.15.